The minimum atomic E-state index is -0.283. The highest BCUT2D eigenvalue weighted by Gasteiger charge is 2.15. The van der Waals surface area contributed by atoms with Crippen molar-refractivity contribution in [2.45, 2.75) is 58.2 Å². The molecule has 1 aromatic rings. The molecule has 0 fully saturated rings. The maximum Gasteiger partial charge on any atom is 0.338 e. The summed E-state index contributed by atoms with van der Waals surface area (Å²) < 4.78 is 5.46. The van der Waals surface area contributed by atoms with Gasteiger partial charge in [0.25, 0.3) is 0 Å². The van der Waals surface area contributed by atoms with E-state index in [9.17, 15) is 9.90 Å². The molecule has 0 radical (unpaired) electrons. The van der Waals surface area contributed by atoms with Gasteiger partial charge in [-0.1, -0.05) is 38.5 Å². The minimum absolute atomic E-state index is 0.112. The van der Waals surface area contributed by atoms with Crippen molar-refractivity contribution in [1.29, 1.82) is 0 Å². The van der Waals surface area contributed by atoms with E-state index in [0.717, 1.165) is 25.7 Å². The number of aliphatic hydroxyl groups excluding tert-OH is 1. The molecule has 0 heterocycles. The van der Waals surface area contributed by atoms with Crippen LogP contribution in [0.4, 0.5) is 0 Å². The maximum absolute atomic E-state index is 11.9. The van der Waals surface area contributed by atoms with Crippen molar-refractivity contribution in [2.24, 2.45) is 0 Å². The van der Waals surface area contributed by atoms with Crippen molar-refractivity contribution >= 4 is 5.97 Å². The summed E-state index contributed by atoms with van der Waals surface area (Å²) in [5, 5.41) is 9.70. The Labute approximate surface area is 115 Å². The molecule has 0 aliphatic carbocycles. The van der Waals surface area contributed by atoms with E-state index in [1.54, 1.807) is 12.1 Å². The Hall–Kier alpha value is -1.35. The first-order valence-corrected chi connectivity index (χ1v) is 7.11. The molecule has 1 N–H and O–H groups in total. The van der Waals surface area contributed by atoms with E-state index >= 15 is 0 Å². The third-order valence-corrected chi connectivity index (χ3v) is 3.18. The number of ether oxygens (including phenoxy) is 1. The van der Waals surface area contributed by atoms with Crippen LogP contribution in [0.15, 0.2) is 30.3 Å². The van der Waals surface area contributed by atoms with E-state index in [4.69, 9.17) is 4.74 Å². The number of esters is 1. The van der Waals surface area contributed by atoms with Crippen molar-refractivity contribution < 1.29 is 14.6 Å². The van der Waals surface area contributed by atoms with Gasteiger partial charge < -0.3 is 9.84 Å². The van der Waals surface area contributed by atoms with Gasteiger partial charge in [-0.25, -0.2) is 4.79 Å². The van der Waals surface area contributed by atoms with Gasteiger partial charge in [-0.2, -0.15) is 0 Å². The average molecular weight is 264 g/mol. The van der Waals surface area contributed by atoms with Crippen LogP contribution in [0.25, 0.3) is 0 Å². The van der Waals surface area contributed by atoms with Crippen molar-refractivity contribution in [2.75, 3.05) is 0 Å². The molecule has 1 aromatic carbocycles. The fraction of sp³-hybridized carbons (Fsp3) is 0.562. The first kappa shape index (κ1) is 15.7. The van der Waals surface area contributed by atoms with Crippen LogP contribution in [0.2, 0.25) is 0 Å². The highest BCUT2D eigenvalue weighted by Crippen LogP contribution is 2.14. The smallest absolute Gasteiger partial charge is 0.338 e. The molecule has 0 aliphatic heterocycles. The molecule has 0 spiro atoms. The van der Waals surface area contributed by atoms with Crippen LogP contribution in [0.3, 0.4) is 0 Å². The molecular weight excluding hydrogens is 240 g/mol. The molecule has 0 saturated heterocycles. The van der Waals surface area contributed by atoms with Crippen LogP contribution in [-0.2, 0) is 4.74 Å². The number of aliphatic hydroxyl groups is 1. The number of carbonyl (C=O) groups is 1. The number of hydrogen-bond donors (Lipinski definition) is 1. The van der Waals surface area contributed by atoms with E-state index in [2.05, 4.69) is 6.92 Å². The van der Waals surface area contributed by atoms with Crippen molar-refractivity contribution in [3.05, 3.63) is 35.9 Å². The van der Waals surface area contributed by atoms with Crippen molar-refractivity contribution in [3.8, 4) is 0 Å². The zero-order chi connectivity index (χ0) is 14.1. The molecule has 19 heavy (non-hydrogen) atoms. The molecule has 0 aliphatic rings. The molecule has 0 saturated carbocycles. The Balaban J connectivity index is 2.42. The van der Waals surface area contributed by atoms with E-state index in [-0.39, 0.29) is 18.2 Å². The first-order valence-electron chi connectivity index (χ1n) is 7.11. The number of hydrogen-bond acceptors (Lipinski definition) is 3. The monoisotopic (exact) mass is 264 g/mol. The molecular formula is C16H24O3. The molecule has 0 amide bonds. The highest BCUT2D eigenvalue weighted by atomic mass is 16.5. The maximum atomic E-state index is 11.9. The molecule has 1 unspecified atom stereocenters. The van der Waals surface area contributed by atoms with Crippen LogP contribution < -0.4 is 0 Å². The second-order valence-corrected chi connectivity index (χ2v) is 4.82. The van der Waals surface area contributed by atoms with Gasteiger partial charge in [-0.3, -0.25) is 0 Å². The second-order valence-electron chi connectivity index (χ2n) is 4.82. The van der Waals surface area contributed by atoms with Crippen LogP contribution in [0, 0.1) is 0 Å². The van der Waals surface area contributed by atoms with Gasteiger partial charge in [-0.15, -0.1) is 0 Å². The van der Waals surface area contributed by atoms with Gasteiger partial charge in [0.2, 0.25) is 0 Å². The Morgan fingerprint density at radius 2 is 1.84 bits per heavy atom. The van der Waals surface area contributed by atoms with Crippen molar-refractivity contribution in [3.63, 3.8) is 0 Å². The quantitative estimate of drug-likeness (QED) is 0.730. The second kappa shape index (κ2) is 8.70. The van der Waals surface area contributed by atoms with Crippen LogP contribution in [0.1, 0.15) is 56.3 Å². The Morgan fingerprint density at radius 1 is 1.16 bits per heavy atom. The Kier molecular flexibility index (Phi) is 7.19. The predicted molar refractivity (Wildman–Crippen MR) is 76.1 cm³/mol. The summed E-state index contributed by atoms with van der Waals surface area (Å²) in [5.74, 6) is -0.280. The fourth-order valence-corrected chi connectivity index (χ4v) is 2.00. The van der Waals surface area contributed by atoms with Gasteiger partial charge in [0, 0.05) is 0 Å². The third kappa shape index (κ3) is 5.88. The lowest BCUT2D eigenvalue weighted by Gasteiger charge is -2.18. The molecule has 0 bridgehead atoms. The number of rotatable bonds is 8. The van der Waals surface area contributed by atoms with Gasteiger partial charge in [0.15, 0.2) is 0 Å². The zero-order valence-electron chi connectivity index (χ0n) is 11.8. The summed E-state index contributed by atoms with van der Waals surface area (Å²) in [6.07, 6.45) is 3.57. The molecule has 106 valence electrons. The summed E-state index contributed by atoms with van der Waals surface area (Å²) in [5.41, 5.74) is 0.579. The van der Waals surface area contributed by atoms with Crippen molar-refractivity contribution in [1.82, 2.24) is 0 Å². The van der Waals surface area contributed by atoms with E-state index in [1.165, 1.54) is 0 Å². The summed E-state index contributed by atoms with van der Waals surface area (Å²) in [7, 11) is 0. The molecule has 1 rings (SSSR count). The normalized spacial score (nSPS) is 13.8. The van der Waals surface area contributed by atoms with Gasteiger partial charge >= 0.3 is 5.97 Å². The molecule has 3 nitrogen and oxygen atoms in total. The lowest BCUT2D eigenvalue weighted by atomic mass is 10.0. The largest absolute Gasteiger partial charge is 0.459 e. The molecule has 0 aromatic heterocycles. The van der Waals surface area contributed by atoms with Gasteiger partial charge in [0.1, 0.15) is 6.10 Å². The standard InChI is InChI=1S/C16H24O3/c1-3-8-14(17)11-12-15(4-2)19-16(18)13-9-6-5-7-10-13/h5-7,9-10,14-15,17H,3-4,8,11-12H2,1-2H3/t14?,15-/m0/s1. The molecule has 3 heteroatoms. The summed E-state index contributed by atoms with van der Waals surface area (Å²) >= 11 is 0. The minimum Gasteiger partial charge on any atom is -0.459 e. The summed E-state index contributed by atoms with van der Waals surface area (Å²) in [6.45, 7) is 4.05. The SMILES string of the molecule is CCCC(O)CC[C@H](CC)OC(=O)c1ccccc1. The van der Waals surface area contributed by atoms with Crippen LogP contribution in [0.5, 0.6) is 0 Å². The van der Waals surface area contributed by atoms with Gasteiger partial charge in [0.05, 0.1) is 11.7 Å². The molecule has 2 atom stereocenters. The first-order chi connectivity index (χ1) is 9.17. The zero-order valence-corrected chi connectivity index (χ0v) is 11.8. The highest BCUT2D eigenvalue weighted by molar-refractivity contribution is 5.89. The van der Waals surface area contributed by atoms with E-state index in [0.29, 0.717) is 12.0 Å². The topological polar surface area (TPSA) is 46.5 Å². The van der Waals surface area contributed by atoms with E-state index < -0.39 is 0 Å². The predicted octanol–water partition coefficient (Wildman–Crippen LogP) is 3.56. The Bertz CT molecular complexity index is 362. The average Bonchev–Trinajstić information content (AvgIpc) is 2.44. The fourth-order valence-electron chi connectivity index (χ4n) is 2.00. The number of carbonyl (C=O) groups excluding carboxylic acids is 1. The van der Waals surface area contributed by atoms with E-state index in [1.807, 2.05) is 25.1 Å². The van der Waals surface area contributed by atoms with Crippen LogP contribution >= 0.6 is 0 Å². The Morgan fingerprint density at radius 3 is 2.42 bits per heavy atom. The summed E-state index contributed by atoms with van der Waals surface area (Å²) in [6, 6.07) is 9.02. The lowest BCUT2D eigenvalue weighted by molar-refractivity contribution is 0.0225. The third-order valence-electron chi connectivity index (χ3n) is 3.18. The lowest BCUT2D eigenvalue weighted by Crippen LogP contribution is -2.20. The van der Waals surface area contributed by atoms with Crippen LogP contribution in [-0.4, -0.2) is 23.3 Å². The summed E-state index contributed by atoms with van der Waals surface area (Å²) in [4.78, 5) is 11.9. The number of benzene rings is 1. The van der Waals surface area contributed by atoms with Gasteiger partial charge in [-0.05, 0) is 37.8 Å².